The van der Waals surface area contributed by atoms with E-state index in [4.69, 9.17) is 11.6 Å². The Labute approximate surface area is 184 Å². The minimum absolute atomic E-state index is 0.0140. The van der Waals surface area contributed by atoms with Gasteiger partial charge in [0.05, 0.1) is 10.1 Å². The van der Waals surface area contributed by atoms with E-state index in [0.717, 1.165) is 4.90 Å². The Balaban J connectivity index is 1.65. The number of hydrogen-bond donors (Lipinski definition) is 2. The molecule has 10 heteroatoms. The van der Waals surface area contributed by atoms with E-state index in [0.29, 0.717) is 17.1 Å². The third-order valence-corrected chi connectivity index (χ3v) is 6.95. The van der Waals surface area contributed by atoms with E-state index >= 15 is 0 Å². The van der Waals surface area contributed by atoms with Gasteiger partial charge in [-0.2, -0.15) is 0 Å². The molecule has 30 heavy (non-hydrogen) atoms. The molecule has 0 saturated carbocycles. The summed E-state index contributed by atoms with van der Waals surface area (Å²) >= 11 is 7.34. The molecule has 0 bridgehead atoms. The van der Waals surface area contributed by atoms with E-state index < -0.39 is 10.0 Å². The van der Waals surface area contributed by atoms with Crippen LogP contribution >= 0.6 is 23.4 Å². The number of rotatable bonds is 8. The van der Waals surface area contributed by atoms with Crippen molar-refractivity contribution in [2.24, 2.45) is 0 Å². The molecule has 0 unspecified atom stereocenters. The first-order valence-electron chi connectivity index (χ1n) is 9.00. The maximum absolute atomic E-state index is 12.6. The SMILES string of the molecule is CC[C@H](Sc1ccc(Cl)cc1)C(=O)Nc1ccc(S(=O)(=O)Nc2ncccn2)cc1. The molecule has 2 N–H and O–H groups in total. The number of hydrogen-bond acceptors (Lipinski definition) is 6. The lowest BCUT2D eigenvalue weighted by atomic mass is 10.3. The monoisotopic (exact) mass is 462 g/mol. The van der Waals surface area contributed by atoms with Crippen LogP contribution in [0.4, 0.5) is 11.6 Å². The number of anilines is 2. The number of sulfonamides is 1. The lowest BCUT2D eigenvalue weighted by molar-refractivity contribution is -0.115. The van der Waals surface area contributed by atoms with Crippen LogP contribution in [0.3, 0.4) is 0 Å². The van der Waals surface area contributed by atoms with Gasteiger partial charge in [-0.1, -0.05) is 18.5 Å². The van der Waals surface area contributed by atoms with Gasteiger partial charge in [0.2, 0.25) is 11.9 Å². The number of nitrogens with one attached hydrogen (secondary N) is 2. The highest BCUT2D eigenvalue weighted by Gasteiger charge is 2.19. The molecule has 156 valence electrons. The molecular weight excluding hydrogens is 444 g/mol. The predicted molar refractivity (Wildman–Crippen MR) is 119 cm³/mol. The molecule has 1 aromatic heterocycles. The number of amides is 1. The zero-order valence-electron chi connectivity index (χ0n) is 15.9. The quantitative estimate of drug-likeness (QED) is 0.480. The van der Waals surface area contributed by atoms with Gasteiger partial charge in [0, 0.05) is 28.0 Å². The van der Waals surface area contributed by atoms with Crippen LogP contribution in [0.5, 0.6) is 0 Å². The van der Waals surface area contributed by atoms with Crippen LogP contribution in [0.1, 0.15) is 13.3 Å². The van der Waals surface area contributed by atoms with Gasteiger partial charge in [-0.25, -0.2) is 23.1 Å². The minimum atomic E-state index is -3.83. The summed E-state index contributed by atoms with van der Waals surface area (Å²) in [6.45, 7) is 1.93. The third kappa shape index (κ3) is 5.94. The fourth-order valence-electron chi connectivity index (χ4n) is 2.47. The first-order valence-corrected chi connectivity index (χ1v) is 11.7. The van der Waals surface area contributed by atoms with Crippen LogP contribution in [0.15, 0.2) is 76.8 Å². The standard InChI is InChI=1S/C20H19ClN4O3S2/c1-2-18(29-16-8-4-14(21)5-9-16)19(26)24-15-6-10-17(11-7-15)30(27,28)25-20-22-12-3-13-23-20/h3-13,18H,2H2,1H3,(H,24,26)(H,22,23,25)/t18-/m0/s1. The van der Waals surface area contributed by atoms with Crippen LogP contribution in [-0.4, -0.2) is 29.5 Å². The number of aromatic nitrogens is 2. The fourth-order valence-corrected chi connectivity index (χ4v) is 4.51. The summed E-state index contributed by atoms with van der Waals surface area (Å²) in [4.78, 5) is 21.3. The second kappa shape index (κ2) is 9.92. The molecular formula is C20H19ClN4O3S2. The molecule has 7 nitrogen and oxygen atoms in total. The van der Waals surface area contributed by atoms with Crippen LogP contribution in [0.25, 0.3) is 0 Å². The highest BCUT2D eigenvalue weighted by Crippen LogP contribution is 2.28. The van der Waals surface area contributed by atoms with Crippen molar-refractivity contribution >= 4 is 50.9 Å². The molecule has 0 fully saturated rings. The van der Waals surface area contributed by atoms with Gasteiger partial charge in [-0.15, -0.1) is 11.8 Å². The van der Waals surface area contributed by atoms with Gasteiger partial charge in [-0.3, -0.25) is 4.79 Å². The van der Waals surface area contributed by atoms with Gasteiger partial charge < -0.3 is 5.32 Å². The van der Waals surface area contributed by atoms with Crippen molar-refractivity contribution in [3.05, 3.63) is 72.0 Å². The molecule has 3 aromatic rings. The van der Waals surface area contributed by atoms with Crippen LogP contribution in [0, 0.1) is 0 Å². The molecule has 1 heterocycles. The normalized spacial score (nSPS) is 12.2. The van der Waals surface area contributed by atoms with Crippen LogP contribution in [0.2, 0.25) is 5.02 Å². The molecule has 0 aliphatic heterocycles. The highest BCUT2D eigenvalue weighted by atomic mass is 35.5. The molecule has 1 amide bonds. The lowest BCUT2D eigenvalue weighted by Gasteiger charge is -2.15. The number of carbonyl (C=O) groups is 1. The number of nitrogens with zero attached hydrogens (tertiary/aromatic N) is 2. The summed E-state index contributed by atoms with van der Waals surface area (Å²) in [5, 5.41) is 3.17. The topological polar surface area (TPSA) is 101 Å². The molecule has 0 spiro atoms. The predicted octanol–water partition coefficient (Wildman–Crippen LogP) is 4.44. The van der Waals surface area contributed by atoms with Crippen molar-refractivity contribution in [1.82, 2.24) is 9.97 Å². The van der Waals surface area contributed by atoms with Crippen molar-refractivity contribution in [2.45, 2.75) is 28.4 Å². The Bertz CT molecular complexity index is 1090. The Morgan fingerprint density at radius 2 is 1.70 bits per heavy atom. The average Bonchev–Trinajstić information content (AvgIpc) is 2.74. The first kappa shape index (κ1) is 22.1. The summed E-state index contributed by atoms with van der Waals surface area (Å²) < 4.78 is 27.2. The van der Waals surface area contributed by atoms with Gasteiger partial charge in [0.1, 0.15) is 0 Å². The maximum Gasteiger partial charge on any atom is 0.264 e. The third-order valence-electron chi connectivity index (χ3n) is 3.98. The Hall–Kier alpha value is -2.62. The summed E-state index contributed by atoms with van der Waals surface area (Å²) in [7, 11) is -3.83. The number of benzene rings is 2. The molecule has 0 radical (unpaired) electrons. The van der Waals surface area contributed by atoms with Crippen molar-refractivity contribution in [1.29, 1.82) is 0 Å². The fraction of sp³-hybridized carbons (Fsp3) is 0.150. The van der Waals surface area contributed by atoms with E-state index in [1.165, 1.54) is 48.4 Å². The minimum Gasteiger partial charge on any atom is -0.325 e. The number of halogens is 1. The van der Waals surface area contributed by atoms with Gasteiger partial charge in [-0.05, 0) is 61.0 Å². The largest absolute Gasteiger partial charge is 0.325 e. The smallest absolute Gasteiger partial charge is 0.264 e. The number of thioether (sulfide) groups is 1. The summed E-state index contributed by atoms with van der Waals surface area (Å²) in [5.41, 5.74) is 0.505. The molecule has 1 atom stereocenters. The van der Waals surface area contributed by atoms with E-state index in [9.17, 15) is 13.2 Å². The van der Waals surface area contributed by atoms with E-state index in [1.807, 2.05) is 19.1 Å². The van der Waals surface area contributed by atoms with Crippen LogP contribution in [-0.2, 0) is 14.8 Å². The molecule has 0 saturated heterocycles. The van der Waals surface area contributed by atoms with Crippen molar-refractivity contribution in [3.63, 3.8) is 0 Å². The van der Waals surface area contributed by atoms with Gasteiger partial charge in [0.25, 0.3) is 10.0 Å². The Kier molecular flexibility index (Phi) is 7.30. The van der Waals surface area contributed by atoms with Gasteiger partial charge >= 0.3 is 0 Å². The average molecular weight is 463 g/mol. The Morgan fingerprint density at radius 3 is 2.30 bits per heavy atom. The van der Waals surface area contributed by atoms with Crippen molar-refractivity contribution < 1.29 is 13.2 Å². The zero-order valence-corrected chi connectivity index (χ0v) is 18.3. The van der Waals surface area contributed by atoms with Gasteiger partial charge in [0.15, 0.2) is 0 Å². The second-order valence-corrected chi connectivity index (χ2v) is 9.56. The molecule has 0 aliphatic rings. The highest BCUT2D eigenvalue weighted by molar-refractivity contribution is 8.00. The molecule has 3 rings (SSSR count). The van der Waals surface area contributed by atoms with E-state index in [-0.39, 0.29) is 22.0 Å². The maximum atomic E-state index is 12.6. The van der Waals surface area contributed by atoms with E-state index in [2.05, 4.69) is 20.0 Å². The second-order valence-electron chi connectivity index (χ2n) is 6.16. The van der Waals surface area contributed by atoms with Crippen molar-refractivity contribution in [2.75, 3.05) is 10.0 Å². The first-order chi connectivity index (χ1) is 14.4. The zero-order chi connectivity index (χ0) is 21.6. The molecule has 0 aliphatic carbocycles. The summed E-state index contributed by atoms with van der Waals surface area (Å²) in [6, 6.07) is 14.8. The lowest BCUT2D eigenvalue weighted by Crippen LogP contribution is -2.24. The number of carbonyl (C=O) groups excluding carboxylic acids is 1. The summed E-state index contributed by atoms with van der Waals surface area (Å²) in [6.07, 6.45) is 3.51. The Morgan fingerprint density at radius 1 is 1.07 bits per heavy atom. The molecule has 2 aromatic carbocycles. The van der Waals surface area contributed by atoms with Crippen molar-refractivity contribution in [3.8, 4) is 0 Å². The summed E-state index contributed by atoms with van der Waals surface area (Å²) in [5.74, 6) is -0.177. The van der Waals surface area contributed by atoms with Crippen LogP contribution < -0.4 is 10.0 Å². The van der Waals surface area contributed by atoms with E-state index in [1.54, 1.807) is 18.2 Å².